The van der Waals surface area contributed by atoms with E-state index in [-0.39, 0.29) is 12.1 Å². The molecule has 1 saturated heterocycles. The van der Waals surface area contributed by atoms with Crippen molar-refractivity contribution in [2.45, 2.75) is 6.10 Å². The monoisotopic (exact) mass is 367 g/mol. The van der Waals surface area contributed by atoms with Gasteiger partial charge in [0, 0.05) is 11.2 Å². The van der Waals surface area contributed by atoms with Gasteiger partial charge in [0.1, 0.15) is 16.9 Å². The number of nitrogens with zero attached hydrogens (tertiary/aromatic N) is 2. The Kier molecular flexibility index (Phi) is 4.97. The first kappa shape index (κ1) is 16.7. The predicted molar refractivity (Wildman–Crippen MR) is 92.3 cm³/mol. The van der Waals surface area contributed by atoms with Crippen LogP contribution in [0.15, 0.2) is 36.5 Å². The first-order valence-corrected chi connectivity index (χ1v) is 7.99. The molecule has 2 aromatic rings. The molecular weight excluding hydrogens is 353 g/mol. The van der Waals surface area contributed by atoms with E-state index in [1.807, 2.05) is 0 Å². The molecule has 126 valence electrons. The summed E-state index contributed by atoms with van der Waals surface area (Å²) in [7, 11) is 1.53. The molecule has 24 heavy (non-hydrogen) atoms. The number of urea groups is 1. The molecule has 0 bridgehead atoms. The molecule has 2 amide bonds. The van der Waals surface area contributed by atoms with Gasteiger partial charge in [-0.15, -0.1) is 0 Å². The average molecular weight is 368 g/mol. The maximum Gasteiger partial charge on any atom is 0.322 e. The second kappa shape index (κ2) is 7.15. The fourth-order valence-corrected chi connectivity index (χ4v) is 2.60. The molecule has 1 fully saturated rings. The van der Waals surface area contributed by atoms with Crippen molar-refractivity contribution in [3.63, 3.8) is 0 Å². The van der Waals surface area contributed by atoms with E-state index in [1.165, 1.54) is 7.11 Å². The number of anilines is 1. The third-order valence-corrected chi connectivity index (χ3v) is 4.06. The predicted octanol–water partition coefficient (Wildman–Crippen LogP) is 3.69. The number of carbonyl (C=O) groups is 1. The minimum absolute atomic E-state index is 0.135. The van der Waals surface area contributed by atoms with Gasteiger partial charge in [-0.25, -0.2) is 9.78 Å². The highest BCUT2D eigenvalue weighted by atomic mass is 35.5. The van der Waals surface area contributed by atoms with Gasteiger partial charge in [-0.05, 0) is 30.3 Å². The Hall–Kier alpha value is -2.18. The van der Waals surface area contributed by atoms with Gasteiger partial charge in [0.05, 0.1) is 25.9 Å². The van der Waals surface area contributed by atoms with E-state index in [0.29, 0.717) is 40.5 Å². The molecule has 3 rings (SSSR count). The molecule has 1 aliphatic heterocycles. The second-order valence-corrected chi connectivity index (χ2v) is 6.05. The molecule has 1 aromatic heterocycles. The van der Waals surface area contributed by atoms with Crippen LogP contribution in [0.5, 0.6) is 11.6 Å². The van der Waals surface area contributed by atoms with E-state index >= 15 is 0 Å². The Bertz CT molecular complexity index is 751. The molecule has 1 aliphatic rings. The van der Waals surface area contributed by atoms with Crippen LogP contribution in [0.2, 0.25) is 10.0 Å². The van der Waals surface area contributed by atoms with Crippen molar-refractivity contribution in [2.75, 3.05) is 25.5 Å². The third-order valence-electron chi connectivity index (χ3n) is 3.54. The van der Waals surface area contributed by atoms with Crippen LogP contribution in [0.1, 0.15) is 0 Å². The molecule has 0 atom stereocenters. The summed E-state index contributed by atoms with van der Waals surface area (Å²) in [5.41, 5.74) is 0.520. The summed E-state index contributed by atoms with van der Waals surface area (Å²) in [6, 6.07) is 8.22. The van der Waals surface area contributed by atoms with Gasteiger partial charge < -0.3 is 19.7 Å². The third kappa shape index (κ3) is 3.66. The van der Waals surface area contributed by atoms with Gasteiger partial charge >= 0.3 is 6.03 Å². The van der Waals surface area contributed by atoms with E-state index in [1.54, 1.807) is 41.4 Å². The Labute approximate surface area is 149 Å². The van der Waals surface area contributed by atoms with Crippen LogP contribution >= 0.6 is 23.2 Å². The van der Waals surface area contributed by atoms with Crippen LogP contribution in [-0.4, -0.2) is 42.2 Å². The summed E-state index contributed by atoms with van der Waals surface area (Å²) >= 11 is 12.0. The van der Waals surface area contributed by atoms with Crippen LogP contribution in [0.4, 0.5) is 10.5 Å². The van der Waals surface area contributed by atoms with Gasteiger partial charge in [0.15, 0.2) is 0 Å². The number of amides is 2. The van der Waals surface area contributed by atoms with Gasteiger partial charge in [0.2, 0.25) is 5.88 Å². The summed E-state index contributed by atoms with van der Waals surface area (Å²) in [6.07, 6.45) is 1.47. The highest BCUT2D eigenvalue weighted by Gasteiger charge is 2.33. The number of rotatable bonds is 4. The molecule has 0 radical (unpaired) electrons. The van der Waals surface area contributed by atoms with Gasteiger partial charge in [-0.1, -0.05) is 23.2 Å². The molecule has 1 N–H and O–H groups in total. The zero-order chi connectivity index (χ0) is 17.1. The van der Waals surface area contributed by atoms with Crippen molar-refractivity contribution in [1.29, 1.82) is 0 Å². The zero-order valence-corrected chi connectivity index (χ0v) is 14.3. The number of aromatic nitrogens is 1. The first-order valence-electron chi connectivity index (χ1n) is 7.23. The lowest BCUT2D eigenvalue weighted by atomic mass is 10.2. The van der Waals surface area contributed by atoms with Crippen LogP contribution in [0, 0.1) is 0 Å². The van der Waals surface area contributed by atoms with Crippen LogP contribution < -0.4 is 14.8 Å². The number of ether oxygens (including phenoxy) is 2. The van der Waals surface area contributed by atoms with Crippen molar-refractivity contribution in [2.24, 2.45) is 0 Å². The molecule has 0 aliphatic carbocycles. The number of hydrogen-bond donors (Lipinski definition) is 1. The van der Waals surface area contributed by atoms with Crippen LogP contribution in [0.25, 0.3) is 0 Å². The Morgan fingerprint density at radius 1 is 1.33 bits per heavy atom. The number of halogens is 2. The molecule has 1 aromatic carbocycles. The minimum Gasteiger partial charge on any atom is -0.495 e. The summed E-state index contributed by atoms with van der Waals surface area (Å²) in [5.74, 6) is 0.919. The molecule has 8 heteroatoms. The fourth-order valence-electron chi connectivity index (χ4n) is 2.27. The Morgan fingerprint density at radius 2 is 2.12 bits per heavy atom. The lowest BCUT2D eigenvalue weighted by Crippen LogP contribution is -2.57. The average Bonchev–Trinajstić information content (AvgIpc) is 2.52. The zero-order valence-electron chi connectivity index (χ0n) is 12.8. The second-order valence-electron chi connectivity index (χ2n) is 5.21. The fraction of sp³-hybridized carbons (Fsp3) is 0.250. The molecule has 0 saturated carbocycles. The van der Waals surface area contributed by atoms with Crippen LogP contribution in [0.3, 0.4) is 0 Å². The largest absolute Gasteiger partial charge is 0.495 e. The Morgan fingerprint density at radius 3 is 2.83 bits per heavy atom. The van der Waals surface area contributed by atoms with E-state index in [2.05, 4.69) is 10.3 Å². The number of likely N-dealkylation sites (tertiary alicyclic amines) is 1. The minimum atomic E-state index is -0.248. The smallest absolute Gasteiger partial charge is 0.322 e. The maximum atomic E-state index is 12.3. The first-order chi connectivity index (χ1) is 11.6. The molecule has 6 nitrogen and oxygen atoms in total. The SMILES string of the molecule is COc1ccc(Cl)cc1NC(=O)N1CC(Oc2ncccc2Cl)C1. The van der Waals surface area contributed by atoms with E-state index < -0.39 is 0 Å². The van der Waals surface area contributed by atoms with Crippen molar-refractivity contribution in [3.8, 4) is 11.6 Å². The summed E-state index contributed by atoms with van der Waals surface area (Å²) in [5, 5.41) is 3.74. The number of carbonyl (C=O) groups excluding carboxylic acids is 1. The van der Waals surface area contributed by atoms with Crippen molar-refractivity contribution >= 4 is 34.9 Å². The quantitative estimate of drug-likeness (QED) is 0.894. The molecule has 0 unspecified atom stereocenters. The Balaban J connectivity index is 1.55. The highest BCUT2D eigenvalue weighted by molar-refractivity contribution is 6.31. The van der Waals surface area contributed by atoms with Gasteiger partial charge in [-0.3, -0.25) is 0 Å². The molecule has 0 spiro atoms. The van der Waals surface area contributed by atoms with Crippen molar-refractivity contribution in [3.05, 3.63) is 46.6 Å². The van der Waals surface area contributed by atoms with Crippen LogP contribution in [-0.2, 0) is 0 Å². The topological polar surface area (TPSA) is 63.7 Å². The van der Waals surface area contributed by atoms with E-state index in [0.717, 1.165) is 0 Å². The maximum absolute atomic E-state index is 12.3. The van der Waals surface area contributed by atoms with Gasteiger partial charge in [-0.2, -0.15) is 0 Å². The number of methoxy groups -OCH3 is 1. The molecule has 2 heterocycles. The normalized spacial score (nSPS) is 14.0. The summed E-state index contributed by atoms with van der Waals surface area (Å²) < 4.78 is 10.9. The van der Waals surface area contributed by atoms with Crippen molar-refractivity contribution in [1.82, 2.24) is 9.88 Å². The standard InChI is InChI=1S/C16H15Cl2N3O3/c1-23-14-5-4-10(17)7-13(14)20-16(22)21-8-11(9-21)24-15-12(18)3-2-6-19-15/h2-7,11H,8-9H2,1H3,(H,20,22). The lowest BCUT2D eigenvalue weighted by Gasteiger charge is -2.38. The van der Waals surface area contributed by atoms with Gasteiger partial charge in [0.25, 0.3) is 0 Å². The van der Waals surface area contributed by atoms with Crippen molar-refractivity contribution < 1.29 is 14.3 Å². The summed E-state index contributed by atoms with van der Waals surface area (Å²) in [6.45, 7) is 0.892. The molecular formula is C16H15Cl2N3O3. The number of pyridine rings is 1. The van der Waals surface area contributed by atoms with E-state index in [4.69, 9.17) is 32.7 Å². The van der Waals surface area contributed by atoms with E-state index in [9.17, 15) is 4.79 Å². The summed E-state index contributed by atoms with van der Waals surface area (Å²) in [4.78, 5) is 17.9. The number of nitrogens with one attached hydrogen (secondary N) is 1. The lowest BCUT2D eigenvalue weighted by molar-refractivity contribution is 0.0461. The number of benzene rings is 1. The number of hydrogen-bond acceptors (Lipinski definition) is 4. The highest BCUT2D eigenvalue weighted by Crippen LogP contribution is 2.29.